The van der Waals surface area contributed by atoms with Gasteiger partial charge >= 0.3 is 0 Å². The molecule has 1 unspecified atom stereocenters. The van der Waals surface area contributed by atoms with Crippen molar-refractivity contribution in [2.24, 2.45) is 0 Å². The molecular formula is C30H26N2O2S. The Morgan fingerprint density at radius 2 is 1.40 bits per heavy atom. The van der Waals surface area contributed by atoms with E-state index in [0.29, 0.717) is 5.69 Å². The van der Waals surface area contributed by atoms with Gasteiger partial charge in [0.25, 0.3) is 0 Å². The number of hydrogen-bond acceptors (Lipinski definition) is 3. The van der Waals surface area contributed by atoms with Crippen LogP contribution in [0.2, 0.25) is 0 Å². The summed E-state index contributed by atoms with van der Waals surface area (Å²) in [5, 5.41) is 5.49. The Bertz CT molecular complexity index is 1320. The molecule has 0 saturated carbocycles. The van der Waals surface area contributed by atoms with Crippen molar-refractivity contribution in [1.29, 1.82) is 0 Å². The molecule has 0 radical (unpaired) electrons. The summed E-state index contributed by atoms with van der Waals surface area (Å²) in [4.78, 5) is 26.6. The first-order valence-electron chi connectivity index (χ1n) is 11.3. The van der Waals surface area contributed by atoms with Crippen molar-refractivity contribution in [3.05, 3.63) is 132 Å². The quantitative estimate of drug-likeness (QED) is 0.209. The van der Waals surface area contributed by atoms with Gasteiger partial charge in [0.15, 0.2) is 0 Å². The molecule has 0 bridgehead atoms. The smallest absolute Gasteiger partial charge is 0.248 e. The minimum atomic E-state index is -0.458. The van der Waals surface area contributed by atoms with E-state index in [1.54, 1.807) is 6.08 Å². The van der Waals surface area contributed by atoms with E-state index in [4.69, 9.17) is 0 Å². The summed E-state index contributed by atoms with van der Waals surface area (Å²) in [6.45, 7) is 1.99. The Morgan fingerprint density at radius 1 is 0.743 bits per heavy atom. The monoisotopic (exact) mass is 478 g/mol. The SMILES string of the molecule is Cc1cccc(NC(=O)C(Sc2cccc(NC(=O)/C=C/c3ccccc3)c2)c2ccccc2)c1. The topological polar surface area (TPSA) is 58.2 Å². The molecule has 0 aliphatic heterocycles. The lowest BCUT2D eigenvalue weighted by Crippen LogP contribution is -2.19. The zero-order valence-corrected chi connectivity index (χ0v) is 20.2. The van der Waals surface area contributed by atoms with E-state index in [9.17, 15) is 9.59 Å². The molecular weight excluding hydrogens is 452 g/mol. The Balaban J connectivity index is 1.49. The van der Waals surface area contributed by atoms with E-state index in [0.717, 1.165) is 27.3 Å². The first-order valence-corrected chi connectivity index (χ1v) is 12.2. The number of anilines is 2. The van der Waals surface area contributed by atoms with Crippen LogP contribution in [-0.2, 0) is 9.59 Å². The average molecular weight is 479 g/mol. The molecule has 0 spiro atoms. The van der Waals surface area contributed by atoms with Gasteiger partial charge in [-0.3, -0.25) is 9.59 Å². The fourth-order valence-corrected chi connectivity index (χ4v) is 4.62. The summed E-state index contributed by atoms with van der Waals surface area (Å²) < 4.78 is 0. The van der Waals surface area contributed by atoms with Crippen LogP contribution in [0.1, 0.15) is 21.9 Å². The fourth-order valence-electron chi connectivity index (χ4n) is 3.53. The molecule has 4 nitrogen and oxygen atoms in total. The highest BCUT2D eigenvalue weighted by atomic mass is 32.2. The van der Waals surface area contributed by atoms with Crippen molar-refractivity contribution in [1.82, 2.24) is 0 Å². The second kappa shape index (κ2) is 11.9. The van der Waals surface area contributed by atoms with Gasteiger partial charge in [0, 0.05) is 22.3 Å². The van der Waals surface area contributed by atoms with Crippen LogP contribution in [0.4, 0.5) is 11.4 Å². The second-order valence-corrected chi connectivity index (χ2v) is 9.21. The van der Waals surface area contributed by atoms with E-state index in [1.807, 2.05) is 116 Å². The van der Waals surface area contributed by atoms with Gasteiger partial charge in [-0.15, -0.1) is 11.8 Å². The molecule has 0 aliphatic rings. The summed E-state index contributed by atoms with van der Waals surface area (Å²) in [6, 6.07) is 34.6. The number of carbonyl (C=O) groups is 2. The first-order chi connectivity index (χ1) is 17.1. The zero-order chi connectivity index (χ0) is 24.5. The summed E-state index contributed by atoms with van der Waals surface area (Å²) >= 11 is 1.44. The highest BCUT2D eigenvalue weighted by molar-refractivity contribution is 8.00. The number of thioether (sulfide) groups is 1. The number of aryl methyl sites for hydroxylation is 1. The lowest BCUT2D eigenvalue weighted by Gasteiger charge is -2.18. The van der Waals surface area contributed by atoms with Crippen molar-refractivity contribution in [3.8, 4) is 0 Å². The zero-order valence-electron chi connectivity index (χ0n) is 19.3. The molecule has 0 aromatic heterocycles. The molecule has 2 N–H and O–H groups in total. The second-order valence-electron chi connectivity index (χ2n) is 8.03. The van der Waals surface area contributed by atoms with Crippen molar-refractivity contribution >= 4 is 41.0 Å². The first kappa shape index (κ1) is 24.0. The molecule has 35 heavy (non-hydrogen) atoms. The molecule has 4 aromatic rings. The Labute approximate surface area is 210 Å². The molecule has 0 fully saturated rings. The molecule has 1 atom stereocenters. The van der Waals surface area contributed by atoms with Crippen LogP contribution in [0.3, 0.4) is 0 Å². The Kier molecular flexibility index (Phi) is 8.15. The lowest BCUT2D eigenvalue weighted by atomic mass is 10.1. The minimum Gasteiger partial charge on any atom is -0.325 e. The van der Waals surface area contributed by atoms with Crippen molar-refractivity contribution in [2.45, 2.75) is 17.1 Å². The standard InChI is InChI=1S/C30H26N2O2S/c1-22-10-8-15-25(20-22)32-30(34)29(24-13-6-3-7-14-24)35-27-17-9-16-26(21-27)31-28(33)19-18-23-11-4-2-5-12-23/h2-21,29H,1H3,(H,31,33)(H,32,34)/b19-18+. The van der Waals surface area contributed by atoms with Crippen LogP contribution in [0.5, 0.6) is 0 Å². The van der Waals surface area contributed by atoms with Crippen LogP contribution in [-0.4, -0.2) is 11.8 Å². The third-order valence-corrected chi connectivity index (χ3v) is 6.46. The van der Waals surface area contributed by atoms with Crippen LogP contribution in [0.15, 0.2) is 120 Å². The predicted molar refractivity (Wildman–Crippen MR) is 145 cm³/mol. The van der Waals surface area contributed by atoms with Gasteiger partial charge in [-0.25, -0.2) is 0 Å². The summed E-state index contributed by atoms with van der Waals surface area (Å²) in [6.07, 6.45) is 3.28. The summed E-state index contributed by atoms with van der Waals surface area (Å²) in [7, 11) is 0. The van der Waals surface area contributed by atoms with Gasteiger partial charge in [-0.1, -0.05) is 78.9 Å². The molecule has 2 amide bonds. The van der Waals surface area contributed by atoms with Gasteiger partial charge < -0.3 is 10.6 Å². The normalized spacial score (nSPS) is 11.7. The number of hydrogen-bond donors (Lipinski definition) is 2. The van der Waals surface area contributed by atoms with Gasteiger partial charge in [-0.05, 0) is 60.0 Å². The minimum absolute atomic E-state index is 0.105. The maximum Gasteiger partial charge on any atom is 0.248 e. The molecule has 0 heterocycles. The van der Waals surface area contributed by atoms with Crippen LogP contribution in [0, 0.1) is 6.92 Å². The largest absolute Gasteiger partial charge is 0.325 e. The van der Waals surface area contributed by atoms with Crippen LogP contribution >= 0.6 is 11.8 Å². The van der Waals surface area contributed by atoms with E-state index in [1.165, 1.54) is 17.8 Å². The highest BCUT2D eigenvalue weighted by Crippen LogP contribution is 2.37. The van der Waals surface area contributed by atoms with E-state index < -0.39 is 5.25 Å². The van der Waals surface area contributed by atoms with Gasteiger partial charge in [-0.2, -0.15) is 0 Å². The fraction of sp³-hybridized carbons (Fsp3) is 0.0667. The summed E-state index contributed by atoms with van der Waals surface area (Å²) in [5.74, 6) is -0.320. The van der Waals surface area contributed by atoms with E-state index >= 15 is 0 Å². The van der Waals surface area contributed by atoms with E-state index in [2.05, 4.69) is 10.6 Å². The third-order valence-electron chi connectivity index (χ3n) is 5.21. The maximum absolute atomic E-state index is 13.3. The molecule has 0 saturated heterocycles. The molecule has 0 aliphatic carbocycles. The predicted octanol–water partition coefficient (Wildman–Crippen LogP) is 7.12. The van der Waals surface area contributed by atoms with Gasteiger partial charge in [0.05, 0.1) is 0 Å². The molecule has 5 heteroatoms. The third kappa shape index (κ3) is 7.19. The number of carbonyl (C=O) groups excluding carboxylic acids is 2. The maximum atomic E-state index is 13.3. The number of nitrogens with one attached hydrogen (secondary N) is 2. The molecule has 174 valence electrons. The van der Waals surface area contributed by atoms with Crippen molar-refractivity contribution in [3.63, 3.8) is 0 Å². The Morgan fingerprint density at radius 3 is 2.11 bits per heavy atom. The van der Waals surface area contributed by atoms with Gasteiger partial charge in [0.1, 0.15) is 5.25 Å². The van der Waals surface area contributed by atoms with Crippen molar-refractivity contribution < 1.29 is 9.59 Å². The van der Waals surface area contributed by atoms with E-state index in [-0.39, 0.29) is 11.8 Å². The number of amides is 2. The average Bonchev–Trinajstić information content (AvgIpc) is 2.87. The summed E-state index contributed by atoms with van der Waals surface area (Å²) in [5.41, 5.74) is 4.38. The highest BCUT2D eigenvalue weighted by Gasteiger charge is 2.22. The van der Waals surface area contributed by atoms with Crippen LogP contribution < -0.4 is 10.6 Å². The molecule has 4 rings (SSSR count). The lowest BCUT2D eigenvalue weighted by molar-refractivity contribution is -0.116. The number of benzene rings is 4. The number of rotatable bonds is 8. The van der Waals surface area contributed by atoms with Crippen molar-refractivity contribution in [2.75, 3.05) is 10.6 Å². The van der Waals surface area contributed by atoms with Crippen LogP contribution in [0.25, 0.3) is 6.08 Å². The molecule has 4 aromatic carbocycles. The Hall–Kier alpha value is -4.09. The van der Waals surface area contributed by atoms with Gasteiger partial charge in [0.2, 0.25) is 11.8 Å².